The SMILES string of the molecule is C=C1N2C(=CN1c1c(C(c3ccccc3)c3ccccc3)cc(C)cc1C(c1ccccc1)c1ccccc1)C=CC=C2C1=C(C)C=C(CCC)C[C@H]1CCC. The molecule has 1 aliphatic carbocycles. The summed E-state index contributed by atoms with van der Waals surface area (Å²) in [5, 5.41) is 0. The molecular formula is C54H54N2. The lowest BCUT2D eigenvalue weighted by molar-refractivity contribution is 0.483. The number of hydrogen-bond acceptors (Lipinski definition) is 2. The Bertz CT molecular complexity index is 2160. The molecule has 8 rings (SSSR count). The van der Waals surface area contributed by atoms with Gasteiger partial charge < -0.3 is 4.90 Å². The van der Waals surface area contributed by atoms with Crippen LogP contribution in [0.4, 0.5) is 5.69 Å². The molecular weight excluding hydrogens is 677 g/mol. The van der Waals surface area contributed by atoms with Crippen LogP contribution in [0, 0.1) is 12.8 Å². The molecule has 2 nitrogen and oxygen atoms in total. The third kappa shape index (κ3) is 7.17. The molecule has 0 radical (unpaired) electrons. The van der Waals surface area contributed by atoms with Crippen LogP contribution in [0.25, 0.3) is 0 Å². The largest absolute Gasteiger partial charge is 0.301 e. The molecule has 0 amide bonds. The van der Waals surface area contributed by atoms with E-state index in [1.807, 2.05) is 0 Å². The van der Waals surface area contributed by atoms with Gasteiger partial charge in [-0.1, -0.05) is 190 Å². The first-order valence-corrected chi connectivity index (χ1v) is 20.6. The first kappa shape index (κ1) is 37.1. The van der Waals surface area contributed by atoms with Crippen LogP contribution in [0.5, 0.6) is 0 Å². The summed E-state index contributed by atoms with van der Waals surface area (Å²) in [5.41, 5.74) is 16.9. The first-order chi connectivity index (χ1) is 27.5. The maximum atomic E-state index is 4.98. The summed E-state index contributed by atoms with van der Waals surface area (Å²) < 4.78 is 0. The van der Waals surface area contributed by atoms with E-state index in [1.165, 1.54) is 80.7 Å². The highest BCUT2D eigenvalue weighted by molar-refractivity contribution is 5.75. The fourth-order valence-corrected chi connectivity index (χ4v) is 9.56. The third-order valence-corrected chi connectivity index (χ3v) is 11.8. The van der Waals surface area contributed by atoms with E-state index in [4.69, 9.17) is 6.58 Å². The van der Waals surface area contributed by atoms with Gasteiger partial charge in [0.25, 0.3) is 0 Å². The van der Waals surface area contributed by atoms with Crippen molar-refractivity contribution >= 4 is 5.69 Å². The highest BCUT2D eigenvalue weighted by Crippen LogP contribution is 2.51. The molecule has 0 unspecified atom stereocenters. The number of aryl methyl sites for hydroxylation is 1. The number of benzene rings is 5. The molecule has 0 bridgehead atoms. The lowest BCUT2D eigenvalue weighted by atomic mass is 9.77. The van der Waals surface area contributed by atoms with Crippen LogP contribution in [0.1, 0.15) is 104 Å². The second-order valence-corrected chi connectivity index (χ2v) is 15.7. The van der Waals surface area contributed by atoms with Gasteiger partial charge in [-0.3, -0.25) is 4.90 Å². The molecule has 56 heavy (non-hydrogen) atoms. The van der Waals surface area contributed by atoms with Gasteiger partial charge in [0.2, 0.25) is 0 Å². The van der Waals surface area contributed by atoms with Gasteiger partial charge in [0, 0.05) is 18.0 Å². The predicted molar refractivity (Wildman–Crippen MR) is 236 cm³/mol. The fourth-order valence-electron chi connectivity index (χ4n) is 9.56. The number of fused-ring (bicyclic) bond motifs is 1. The van der Waals surface area contributed by atoms with E-state index in [-0.39, 0.29) is 11.8 Å². The zero-order chi connectivity index (χ0) is 38.6. The van der Waals surface area contributed by atoms with Crippen molar-refractivity contribution in [1.82, 2.24) is 4.90 Å². The van der Waals surface area contributed by atoms with Gasteiger partial charge in [0.1, 0.15) is 5.82 Å². The van der Waals surface area contributed by atoms with Crippen molar-refractivity contribution in [2.45, 2.75) is 71.6 Å². The highest BCUT2D eigenvalue weighted by atomic mass is 15.4. The molecule has 0 spiro atoms. The Balaban J connectivity index is 1.37. The summed E-state index contributed by atoms with van der Waals surface area (Å²) in [7, 11) is 0. The van der Waals surface area contributed by atoms with E-state index in [1.54, 1.807) is 5.57 Å². The molecule has 5 aromatic rings. The Morgan fingerprint density at radius 3 is 1.64 bits per heavy atom. The predicted octanol–water partition coefficient (Wildman–Crippen LogP) is 14.1. The maximum absolute atomic E-state index is 4.98. The van der Waals surface area contributed by atoms with E-state index in [9.17, 15) is 0 Å². The standard InChI is InChI=1S/C54H54N2/c1-6-21-41-35-39(4)51(46(36-41)22-7-2)50-32-20-31-47-37-55(40(5)56(47)50)54-48(52(42-23-12-8-13-24-42)43-25-14-9-15-26-43)33-38(3)34-49(54)53(44-27-16-10-17-28-44)45-29-18-11-19-30-45/h8-20,23-35,37,46,52-53H,5-7,21-22,36H2,1-4H3/t46-/m1/s1. The molecule has 0 N–H and O–H groups in total. The highest BCUT2D eigenvalue weighted by Gasteiger charge is 2.38. The van der Waals surface area contributed by atoms with E-state index in [0.717, 1.165) is 24.4 Å². The molecule has 2 heterocycles. The smallest absolute Gasteiger partial charge is 0.114 e. The minimum Gasteiger partial charge on any atom is -0.301 e. The molecule has 0 fully saturated rings. The number of hydrogen-bond donors (Lipinski definition) is 0. The normalized spacial score (nSPS) is 16.7. The maximum Gasteiger partial charge on any atom is 0.114 e. The molecule has 0 saturated heterocycles. The van der Waals surface area contributed by atoms with E-state index < -0.39 is 0 Å². The Morgan fingerprint density at radius 2 is 1.18 bits per heavy atom. The number of rotatable bonds is 12. The van der Waals surface area contributed by atoms with Gasteiger partial charge in [-0.05, 0) is 95.7 Å². The number of nitrogens with zero attached hydrogens (tertiary/aromatic N) is 2. The summed E-state index contributed by atoms with van der Waals surface area (Å²) in [6.45, 7) is 14.2. The molecule has 5 aromatic carbocycles. The van der Waals surface area contributed by atoms with Gasteiger partial charge in [-0.25, -0.2) is 0 Å². The monoisotopic (exact) mass is 730 g/mol. The Hall–Kier alpha value is -5.86. The van der Waals surface area contributed by atoms with Gasteiger partial charge in [0.15, 0.2) is 0 Å². The zero-order valence-electron chi connectivity index (χ0n) is 33.5. The molecule has 2 aliphatic heterocycles. The van der Waals surface area contributed by atoms with Crippen molar-refractivity contribution in [2.75, 3.05) is 4.90 Å². The van der Waals surface area contributed by atoms with Gasteiger partial charge in [-0.15, -0.1) is 0 Å². The van der Waals surface area contributed by atoms with Gasteiger partial charge in [0.05, 0.1) is 17.1 Å². The van der Waals surface area contributed by atoms with Crippen molar-refractivity contribution in [1.29, 1.82) is 0 Å². The Labute approximate surface area is 335 Å². The average Bonchev–Trinajstić information content (AvgIpc) is 3.56. The van der Waals surface area contributed by atoms with E-state index in [2.05, 4.69) is 201 Å². The van der Waals surface area contributed by atoms with Crippen LogP contribution in [-0.4, -0.2) is 4.90 Å². The summed E-state index contributed by atoms with van der Waals surface area (Å²) in [6, 6.07) is 49.0. The lowest BCUT2D eigenvalue weighted by Crippen LogP contribution is -2.29. The van der Waals surface area contributed by atoms with Crippen LogP contribution >= 0.6 is 0 Å². The minimum absolute atomic E-state index is 0.00742. The second kappa shape index (κ2) is 16.5. The van der Waals surface area contributed by atoms with Crippen molar-refractivity contribution < 1.29 is 0 Å². The van der Waals surface area contributed by atoms with Crippen molar-refractivity contribution in [3.8, 4) is 0 Å². The quantitative estimate of drug-likeness (QED) is 0.118. The summed E-state index contributed by atoms with van der Waals surface area (Å²) in [5.74, 6) is 1.43. The van der Waals surface area contributed by atoms with Crippen molar-refractivity contribution in [2.24, 2.45) is 5.92 Å². The average molecular weight is 731 g/mol. The van der Waals surface area contributed by atoms with Crippen LogP contribution in [-0.2, 0) is 0 Å². The van der Waals surface area contributed by atoms with Gasteiger partial charge in [-0.2, -0.15) is 0 Å². The topological polar surface area (TPSA) is 6.48 Å². The Morgan fingerprint density at radius 1 is 0.679 bits per heavy atom. The van der Waals surface area contributed by atoms with Crippen molar-refractivity contribution in [3.05, 3.63) is 243 Å². The van der Waals surface area contributed by atoms with E-state index >= 15 is 0 Å². The zero-order valence-corrected chi connectivity index (χ0v) is 33.5. The number of allylic oxidation sites excluding steroid dienone is 7. The van der Waals surface area contributed by atoms with Crippen LogP contribution in [0.3, 0.4) is 0 Å². The van der Waals surface area contributed by atoms with E-state index in [0.29, 0.717) is 5.92 Å². The minimum atomic E-state index is -0.00742. The summed E-state index contributed by atoms with van der Waals surface area (Å²) in [4.78, 5) is 4.86. The molecule has 0 saturated carbocycles. The fraction of sp³-hybridized carbons (Fsp3) is 0.222. The van der Waals surface area contributed by atoms with Crippen LogP contribution < -0.4 is 4.90 Å². The third-order valence-electron chi connectivity index (χ3n) is 11.8. The molecule has 2 heteroatoms. The molecule has 1 atom stereocenters. The van der Waals surface area contributed by atoms with Crippen LogP contribution in [0.2, 0.25) is 0 Å². The molecule has 0 aromatic heterocycles. The first-order valence-electron chi connectivity index (χ1n) is 20.6. The summed E-state index contributed by atoms with van der Waals surface area (Å²) >= 11 is 0. The number of anilines is 1. The lowest BCUT2D eigenvalue weighted by Gasteiger charge is -2.37. The molecule has 280 valence electrons. The Kier molecular flexibility index (Phi) is 10.9. The second-order valence-electron chi connectivity index (χ2n) is 15.7. The van der Waals surface area contributed by atoms with Crippen LogP contribution in [0.15, 0.2) is 204 Å². The van der Waals surface area contributed by atoms with Gasteiger partial charge >= 0.3 is 0 Å². The van der Waals surface area contributed by atoms with Crippen molar-refractivity contribution in [3.63, 3.8) is 0 Å². The summed E-state index contributed by atoms with van der Waals surface area (Å²) in [6.07, 6.45) is 17.5. The molecule has 3 aliphatic rings.